The number of nitrogens with zero attached hydrogens (tertiary/aromatic N) is 3. The second kappa shape index (κ2) is 12.9. The topological polar surface area (TPSA) is 94.1 Å². The predicted molar refractivity (Wildman–Crippen MR) is 139 cm³/mol. The van der Waals surface area contributed by atoms with E-state index in [1.165, 1.54) is 18.2 Å². The van der Waals surface area contributed by atoms with Gasteiger partial charge < -0.3 is 15.5 Å². The van der Waals surface area contributed by atoms with E-state index in [0.717, 1.165) is 18.4 Å². The molecule has 2 aromatic rings. The number of hydrogen-bond acceptors (Lipinski definition) is 4. The molecule has 8 nitrogen and oxygen atoms in total. The zero-order chi connectivity index (χ0) is 26.1. The van der Waals surface area contributed by atoms with Crippen LogP contribution >= 0.6 is 0 Å². The molecule has 1 aliphatic heterocycles. The van der Waals surface area contributed by atoms with Crippen molar-refractivity contribution in [2.75, 3.05) is 38.0 Å². The van der Waals surface area contributed by atoms with Gasteiger partial charge in [-0.25, -0.2) is 14.2 Å². The van der Waals surface area contributed by atoms with Crippen LogP contribution in [0.2, 0.25) is 0 Å². The molecule has 1 aliphatic rings. The number of nitrogens with one attached hydrogen (secondary N) is 2. The van der Waals surface area contributed by atoms with Crippen LogP contribution < -0.4 is 10.6 Å². The lowest BCUT2D eigenvalue weighted by Gasteiger charge is -2.35. The third-order valence-electron chi connectivity index (χ3n) is 5.84. The van der Waals surface area contributed by atoms with Crippen molar-refractivity contribution in [2.24, 2.45) is 4.99 Å². The van der Waals surface area contributed by atoms with E-state index in [1.807, 2.05) is 25.1 Å². The van der Waals surface area contributed by atoms with Crippen molar-refractivity contribution >= 4 is 29.2 Å². The maximum atomic E-state index is 14.5. The molecule has 4 amide bonds. The van der Waals surface area contributed by atoms with Gasteiger partial charge in [-0.3, -0.25) is 14.5 Å². The number of anilines is 1. The van der Waals surface area contributed by atoms with Crippen molar-refractivity contribution in [3.8, 4) is 0 Å². The Morgan fingerprint density at radius 1 is 1.00 bits per heavy atom. The predicted octanol–water partition coefficient (Wildman–Crippen LogP) is 4.33. The lowest BCUT2D eigenvalue weighted by atomic mass is 10.1. The van der Waals surface area contributed by atoms with E-state index >= 15 is 0 Å². The molecule has 3 rings (SSSR count). The highest BCUT2D eigenvalue weighted by Gasteiger charge is 2.23. The molecule has 1 heterocycles. The fraction of sp³-hybridized carbons (Fsp3) is 0.407. The van der Waals surface area contributed by atoms with Crippen molar-refractivity contribution in [3.63, 3.8) is 0 Å². The number of piperazine rings is 1. The highest BCUT2D eigenvalue weighted by molar-refractivity contribution is 6.02. The molecule has 36 heavy (non-hydrogen) atoms. The fourth-order valence-electron chi connectivity index (χ4n) is 3.91. The molecule has 1 saturated heterocycles. The Morgan fingerprint density at radius 2 is 1.75 bits per heavy atom. The fourth-order valence-corrected chi connectivity index (χ4v) is 3.91. The number of benzene rings is 2. The van der Waals surface area contributed by atoms with Gasteiger partial charge in [-0.15, -0.1) is 0 Å². The smallest absolute Gasteiger partial charge is 0.319 e. The number of halogens is 1. The lowest BCUT2D eigenvalue weighted by molar-refractivity contribution is 0.0627. The molecule has 0 radical (unpaired) electrons. The minimum Gasteiger partial charge on any atom is -0.338 e. The van der Waals surface area contributed by atoms with Crippen molar-refractivity contribution in [1.29, 1.82) is 0 Å². The maximum Gasteiger partial charge on any atom is 0.319 e. The summed E-state index contributed by atoms with van der Waals surface area (Å²) in [7, 11) is 0. The minimum atomic E-state index is -0.651. The van der Waals surface area contributed by atoms with Crippen LogP contribution in [0.25, 0.3) is 0 Å². The number of unbranched alkanes of at least 4 members (excludes halogenated alkanes) is 1. The first kappa shape index (κ1) is 27.0. The van der Waals surface area contributed by atoms with Crippen LogP contribution in [0.3, 0.4) is 0 Å². The number of urea groups is 1. The summed E-state index contributed by atoms with van der Waals surface area (Å²) in [5, 5.41) is 5.15. The van der Waals surface area contributed by atoms with Crippen LogP contribution in [0, 0.1) is 5.82 Å². The Morgan fingerprint density at radius 3 is 2.42 bits per heavy atom. The Kier molecular flexibility index (Phi) is 9.69. The van der Waals surface area contributed by atoms with Gasteiger partial charge in [-0.05, 0) is 56.2 Å². The first-order valence-corrected chi connectivity index (χ1v) is 12.3. The molecule has 2 N–H and O–H groups in total. The molecular weight excluding hydrogens is 461 g/mol. The molecule has 0 atom stereocenters. The van der Waals surface area contributed by atoms with Gasteiger partial charge in [0, 0.05) is 56.1 Å². The van der Waals surface area contributed by atoms with E-state index in [4.69, 9.17) is 0 Å². The number of amides is 4. The standard InChI is InChI=1S/C27H34FN5O3/c1-4-5-11-29-27(36)31-24-10-9-22(17-23(24)28)26(35)33-14-12-32(13-15-33)18-20-7-6-8-21(16-20)25(34)30-19(2)3/h6-10,16-17H,4-5,11-15,18H2,1-3H3,(H2,29,31,36). The van der Waals surface area contributed by atoms with E-state index in [2.05, 4.69) is 20.5 Å². The third kappa shape index (κ3) is 7.71. The van der Waals surface area contributed by atoms with Gasteiger partial charge in [0.05, 0.1) is 5.69 Å². The lowest BCUT2D eigenvalue weighted by Crippen LogP contribution is -2.48. The number of carbonyl (C=O) groups is 3. The highest BCUT2D eigenvalue weighted by Crippen LogP contribution is 2.18. The average Bonchev–Trinajstić information content (AvgIpc) is 2.85. The van der Waals surface area contributed by atoms with Crippen LogP contribution in [-0.2, 0) is 6.54 Å². The molecule has 0 bridgehead atoms. The van der Waals surface area contributed by atoms with E-state index in [1.54, 1.807) is 24.8 Å². The molecular formula is C27H34FN5O3. The second-order valence-corrected chi connectivity index (χ2v) is 9.06. The molecule has 192 valence electrons. The number of aliphatic imine (C=N–C) groups is 1. The van der Waals surface area contributed by atoms with E-state index < -0.39 is 11.8 Å². The number of hydrogen-bond donors (Lipinski definition) is 2. The summed E-state index contributed by atoms with van der Waals surface area (Å²) in [5.41, 5.74) is 2.56. The van der Waals surface area contributed by atoms with Crippen LogP contribution in [0.15, 0.2) is 47.5 Å². The zero-order valence-electron chi connectivity index (χ0n) is 21.1. The second-order valence-electron chi connectivity index (χ2n) is 9.06. The van der Waals surface area contributed by atoms with Gasteiger partial charge in [0.25, 0.3) is 11.8 Å². The van der Waals surface area contributed by atoms with Crippen LogP contribution in [0.4, 0.5) is 14.9 Å². The summed E-state index contributed by atoms with van der Waals surface area (Å²) in [6, 6.07) is 11.1. The van der Waals surface area contributed by atoms with Crippen molar-refractivity contribution in [3.05, 3.63) is 65.0 Å². The number of carbonyl (C=O) groups excluding carboxylic acids is 3. The number of rotatable bonds is 8. The largest absolute Gasteiger partial charge is 0.338 e. The summed E-state index contributed by atoms with van der Waals surface area (Å²) < 4.78 is 14.5. The van der Waals surface area contributed by atoms with Gasteiger partial charge in [-0.2, -0.15) is 0 Å². The SMILES string of the molecule is CCCCNC(=O)Nc1ccc(C(=O)N2CCN(Cc3cccc(C(=O)N=C(C)C)c3)CC2)cc1F. The molecule has 0 aliphatic carbocycles. The third-order valence-corrected chi connectivity index (χ3v) is 5.84. The summed E-state index contributed by atoms with van der Waals surface area (Å²) in [4.78, 5) is 44.9. The van der Waals surface area contributed by atoms with Gasteiger partial charge in [0.1, 0.15) is 5.82 Å². The highest BCUT2D eigenvalue weighted by atomic mass is 19.1. The van der Waals surface area contributed by atoms with Crippen LogP contribution in [0.1, 0.15) is 59.9 Å². The molecule has 1 fully saturated rings. The van der Waals surface area contributed by atoms with E-state index in [-0.39, 0.29) is 23.1 Å². The molecule has 2 aromatic carbocycles. The quantitative estimate of drug-likeness (QED) is 0.421. The first-order valence-electron chi connectivity index (χ1n) is 12.3. The summed E-state index contributed by atoms with van der Waals surface area (Å²) in [6.07, 6.45) is 1.79. The minimum absolute atomic E-state index is 0.0332. The normalized spacial score (nSPS) is 13.7. The summed E-state index contributed by atoms with van der Waals surface area (Å²) in [6.45, 7) is 9.12. The molecule has 9 heteroatoms. The molecule has 0 unspecified atom stereocenters. The molecule has 0 saturated carbocycles. The van der Waals surface area contributed by atoms with Gasteiger partial charge >= 0.3 is 6.03 Å². The van der Waals surface area contributed by atoms with Crippen molar-refractivity contribution in [2.45, 2.75) is 40.2 Å². The van der Waals surface area contributed by atoms with E-state index in [9.17, 15) is 18.8 Å². The summed E-state index contributed by atoms with van der Waals surface area (Å²) >= 11 is 0. The average molecular weight is 496 g/mol. The van der Waals surface area contributed by atoms with Gasteiger partial charge in [-0.1, -0.05) is 25.5 Å². The Balaban J connectivity index is 1.53. The Bertz CT molecular complexity index is 1120. The van der Waals surface area contributed by atoms with Crippen molar-refractivity contribution in [1.82, 2.24) is 15.1 Å². The van der Waals surface area contributed by atoms with E-state index in [0.29, 0.717) is 50.5 Å². The van der Waals surface area contributed by atoms with Gasteiger partial charge in [0.2, 0.25) is 0 Å². The first-order chi connectivity index (χ1) is 17.3. The Hall–Kier alpha value is -3.59. The molecule has 0 spiro atoms. The molecule has 0 aromatic heterocycles. The Labute approximate surface area is 211 Å². The maximum absolute atomic E-state index is 14.5. The van der Waals surface area contributed by atoms with Crippen LogP contribution in [0.5, 0.6) is 0 Å². The summed E-state index contributed by atoms with van der Waals surface area (Å²) in [5.74, 6) is -1.15. The van der Waals surface area contributed by atoms with Crippen LogP contribution in [-0.4, -0.2) is 66.1 Å². The monoisotopic (exact) mass is 495 g/mol. The van der Waals surface area contributed by atoms with Gasteiger partial charge in [0.15, 0.2) is 0 Å². The zero-order valence-corrected chi connectivity index (χ0v) is 21.1. The van der Waals surface area contributed by atoms with Crippen molar-refractivity contribution < 1.29 is 18.8 Å².